The van der Waals surface area contributed by atoms with Gasteiger partial charge in [0.15, 0.2) is 0 Å². The molecule has 5 heteroatoms. The van der Waals surface area contributed by atoms with Crippen LogP contribution in [0, 0.1) is 5.92 Å². The van der Waals surface area contributed by atoms with Crippen molar-refractivity contribution in [2.45, 2.75) is 26.7 Å². The summed E-state index contributed by atoms with van der Waals surface area (Å²) >= 11 is 0. The van der Waals surface area contributed by atoms with Gasteiger partial charge in [-0.1, -0.05) is 0 Å². The molecule has 1 saturated heterocycles. The van der Waals surface area contributed by atoms with E-state index in [-0.39, 0.29) is 17.9 Å². The molecular formula is C11H20N2O3. The lowest BCUT2D eigenvalue weighted by Crippen LogP contribution is -2.47. The maximum Gasteiger partial charge on any atom is 0.317 e. The van der Waals surface area contributed by atoms with Crippen LogP contribution in [0.5, 0.6) is 0 Å². The van der Waals surface area contributed by atoms with Crippen LogP contribution in [-0.2, 0) is 9.53 Å². The number of hydrogen-bond donors (Lipinski definition) is 1. The molecule has 92 valence electrons. The van der Waals surface area contributed by atoms with Crippen LogP contribution < -0.4 is 5.32 Å². The lowest BCUT2D eigenvalue weighted by molar-refractivity contribution is -0.149. The monoisotopic (exact) mass is 228 g/mol. The van der Waals surface area contributed by atoms with Crippen LogP contribution in [0.25, 0.3) is 0 Å². The molecule has 0 saturated carbocycles. The van der Waals surface area contributed by atoms with E-state index in [9.17, 15) is 9.59 Å². The minimum Gasteiger partial charge on any atom is -0.466 e. The number of likely N-dealkylation sites (tertiary alicyclic amines) is 1. The molecule has 0 aromatic heterocycles. The number of nitrogens with zero attached hydrogens (tertiary/aromatic N) is 1. The molecular weight excluding hydrogens is 208 g/mol. The molecule has 1 heterocycles. The van der Waals surface area contributed by atoms with Crippen LogP contribution >= 0.6 is 0 Å². The first-order valence-corrected chi connectivity index (χ1v) is 5.88. The molecule has 0 aliphatic carbocycles. The summed E-state index contributed by atoms with van der Waals surface area (Å²) in [4.78, 5) is 24.8. The van der Waals surface area contributed by atoms with Gasteiger partial charge in [0.25, 0.3) is 0 Å². The van der Waals surface area contributed by atoms with Crippen molar-refractivity contribution >= 4 is 12.0 Å². The highest BCUT2D eigenvalue weighted by Gasteiger charge is 2.28. The van der Waals surface area contributed by atoms with Crippen molar-refractivity contribution in [3.8, 4) is 0 Å². The highest BCUT2D eigenvalue weighted by molar-refractivity contribution is 5.77. The smallest absolute Gasteiger partial charge is 0.317 e. The number of carbonyl (C=O) groups excluding carboxylic acids is 2. The molecule has 1 N–H and O–H groups in total. The van der Waals surface area contributed by atoms with Gasteiger partial charge in [0.2, 0.25) is 0 Å². The predicted octanol–water partition coefficient (Wildman–Crippen LogP) is 0.991. The van der Waals surface area contributed by atoms with Gasteiger partial charge in [-0.3, -0.25) is 4.79 Å². The molecule has 16 heavy (non-hydrogen) atoms. The van der Waals surface area contributed by atoms with E-state index < -0.39 is 0 Å². The normalized spacial score (nSPS) is 20.4. The summed E-state index contributed by atoms with van der Waals surface area (Å²) in [7, 11) is 0. The second-order valence-electron chi connectivity index (χ2n) is 3.87. The van der Waals surface area contributed by atoms with E-state index in [1.54, 1.807) is 11.8 Å². The average molecular weight is 228 g/mol. The van der Waals surface area contributed by atoms with E-state index in [2.05, 4.69) is 5.32 Å². The summed E-state index contributed by atoms with van der Waals surface area (Å²) in [6.07, 6.45) is 1.68. The number of ether oxygens (including phenoxy) is 1. The summed E-state index contributed by atoms with van der Waals surface area (Å²) in [5, 5.41) is 2.74. The Labute approximate surface area is 96.1 Å². The van der Waals surface area contributed by atoms with Gasteiger partial charge in [-0.15, -0.1) is 0 Å². The first-order chi connectivity index (χ1) is 7.69. The molecule has 0 aromatic rings. The molecule has 0 bridgehead atoms. The van der Waals surface area contributed by atoms with Crippen molar-refractivity contribution in [2.75, 3.05) is 26.2 Å². The molecule has 0 radical (unpaired) electrons. The van der Waals surface area contributed by atoms with Crippen molar-refractivity contribution in [3.63, 3.8) is 0 Å². The Morgan fingerprint density at radius 2 is 2.19 bits per heavy atom. The Morgan fingerprint density at radius 1 is 1.44 bits per heavy atom. The SMILES string of the molecule is CCNC(=O)N1CCC[C@H](C(=O)OCC)C1. The van der Waals surface area contributed by atoms with Crippen LogP contribution in [0.4, 0.5) is 4.79 Å². The van der Waals surface area contributed by atoms with Crippen LogP contribution in [0.2, 0.25) is 0 Å². The molecule has 1 aliphatic heterocycles. The quantitative estimate of drug-likeness (QED) is 0.733. The van der Waals surface area contributed by atoms with E-state index >= 15 is 0 Å². The van der Waals surface area contributed by atoms with Crippen molar-refractivity contribution in [3.05, 3.63) is 0 Å². The lowest BCUT2D eigenvalue weighted by atomic mass is 9.98. The van der Waals surface area contributed by atoms with Crippen molar-refractivity contribution in [2.24, 2.45) is 5.92 Å². The predicted molar refractivity (Wildman–Crippen MR) is 60.0 cm³/mol. The largest absolute Gasteiger partial charge is 0.466 e. The molecule has 0 unspecified atom stereocenters. The third-order valence-corrected chi connectivity index (χ3v) is 2.66. The maximum atomic E-state index is 11.6. The first-order valence-electron chi connectivity index (χ1n) is 5.88. The summed E-state index contributed by atoms with van der Waals surface area (Å²) in [6.45, 7) is 5.88. The second kappa shape index (κ2) is 6.35. The Balaban J connectivity index is 2.46. The van der Waals surface area contributed by atoms with Gasteiger partial charge in [0.05, 0.1) is 12.5 Å². The van der Waals surface area contributed by atoms with E-state index in [1.807, 2.05) is 6.92 Å². The molecule has 1 rings (SSSR count). The van der Waals surface area contributed by atoms with Crippen molar-refractivity contribution in [1.82, 2.24) is 10.2 Å². The van der Waals surface area contributed by atoms with Gasteiger partial charge in [-0.05, 0) is 26.7 Å². The number of nitrogens with one attached hydrogen (secondary N) is 1. The summed E-state index contributed by atoms with van der Waals surface area (Å²) in [5.41, 5.74) is 0. The zero-order valence-electron chi connectivity index (χ0n) is 9.99. The number of esters is 1. The van der Waals surface area contributed by atoms with E-state index in [0.29, 0.717) is 19.7 Å². The minimum atomic E-state index is -0.184. The molecule has 2 amide bonds. The number of carbonyl (C=O) groups is 2. The summed E-state index contributed by atoms with van der Waals surface area (Å²) < 4.78 is 4.97. The number of amides is 2. The highest BCUT2D eigenvalue weighted by atomic mass is 16.5. The second-order valence-corrected chi connectivity index (χ2v) is 3.87. The van der Waals surface area contributed by atoms with Gasteiger partial charge < -0.3 is 15.0 Å². The molecule has 1 aliphatic rings. The zero-order valence-corrected chi connectivity index (χ0v) is 9.99. The number of hydrogen-bond acceptors (Lipinski definition) is 3. The topological polar surface area (TPSA) is 58.6 Å². The Bertz CT molecular complexity index is 232. The van der Waals surface area contributed by atoms with Crippen molar-refractivity contribution < 1.29 is 14.3 Å². The third kappa shape index (κ3) is 3.40. The molecule has 1 atom stereocenters. The molecule has 1 fully saturated rings. The molecule has 5 nitrogen and oxygen atoms in total. The Kier molecular flexibility index (Phi) is 5.08. The van der Waals surface area contributed by atoms with Crippen LogP contribution in [-0.4, -0.2) is 43.1 Å². The number of piperidine rings is 1. The Hall–Kier alpha value is -1.26. The third-order valence-electron chi connectivity index (χ3n) is 2.66. The van der Waals surface area contributed by atoms with Gasteiger partial charge in [0, 0.05) is 19.6 Å². The summed E-state index contributed by atoms with van der Waals surface area (Å²) in [6, 6.07) is -0.0866. The van der Waals surface area contributed by atoms with Gasteiger partial charge in [0.1, 0.15) is 0 Å². The Morgan fingerprint density at radius 3 is 2.81 bits per heavy atom. The highest BCUT2D eigenvalue weighted by Crippen LogP contribution is 2.17. The fourth-order valence-corrected chi connectivity index (χ4v) is 1.88. The fourth-order valence-electron chi connectivity index (χ4n) is 1.88. The van der Waals surface area contributed by atoms with E-state index in [4.69, 9.17) is 4.74 Å². The van der Waals surface area contributed by atoms with Gasteiger partial charge >= 0.3 is 12.0 Å². The van der Waals surface area contributed by atoms with Crippen LogP contribution in [0.3, 0.4) is 0 Å². The zero-order chi connectivity index (χ0) is 12.0. The summed E-state index contributed by atoms with van der Waals surface area (Å²) in [5.74, 6) is -0.340. The van der Waals surface area contributed by atoms with Crippen LogP contribution in [0.1, 0.15) is 26.7 Å². The first kappa shape index (κ1) is 12.8. The average Bonchev–Trinajstić information content (AvgIpc) is 2.30. The number of urea groups is 1. The van der Waals surface area contributed by atoms with Gasteiger partial charge in [-0.2, -0.15) is 0 Å². The molecule has 0 aromatic carbocycles. The minimum absolute atomic E-state index is 0.0866. The maximum absolute atomic E-state index is 11.6. The standard InChI is InChI=1S/C11H20N2O3/c1-3-12-11(15)13-7-5-6-9(8-13)10(14)16-4-2/h9H,3-8H2,1-2H3,(H,12,15)/t9-/m0/s1. The van der Waals surface area contributed by atoms with E-state index in [1.165, 1.54) is 0 Å². The van der Waals surface area contributed by atoms with Gasteiger partial charge in [-0.25, -0.2) is 4.79 Å². The fraction of sp³-hybridized carbons (Fsp3) is 0.818. The van der Waals surface area contributed by atoms with Crippen molar-refractivity contribution in [1.29, 1.82) is 0 Å². The van der Waals surface area contributed by atoms with E-state index in [0.717, 1.165) is 19.4 Å². The lowest BCUT2D eigenvalue weighted by Gasteiger charge is -2.31. The molecule has 0 spiro atoms. The van der Waals surface area contributed by atoms with Crippen LogP contribution in [0.15, 0.2) is 0 Å². The number of rotatable bonds is 3.